The lowest BCUT2D eigenvalue weighted by Crippen LogP contribution is -2.20. The number of rotatable bonds is 5. The van der Waals surface area contributed by atoms with Gasteiger partial charge in [-0.05, 0) is 34.1 Å². The number of amides is 1. The van der Waals surface area contributed by atoms with Gasteiger partial charge in [0.25, 0.3) is 5.91 Å². The molecular weight excluding hydrogens is 392 g/mol. The Bertz CT molecular complexity index is 780. The van der Waals surface area contributed by atoms with Gasteiger partial charge in [-0.2, -0.15) is 0 Å². The van der Waals surface area contributed by atoms with Crippen LogP contribution in [0.1, 0.15) is 36.8 Å². The lowest BCUT2D eigenvalue weighted by Gasteiger charge is -2.12. The minimum Gasteiger partial charge on any atom is -0.496 e. The molecule has 0 aliphatic carbocycles. The first-order valence-corrected chi connectivity index (χ1v) is 8.27. The maximum absolute atomic E-state index is 12.0. The van der Waals surface area contributed by atoms with Gasteiger partial charge in [0.1, 0.15) is 5.75 Å². The molecule has 0 atom stereocenters. The number of esters is 1. The Morgan fingerprint density at radius 1 is 1.28 bits per heavy atom. The molecule has 134 valence electrons. The maximum Gasteiger partial charge on any atom is 0.338 e. The van der Waals surface area contributed by atoms with Gasteiger partial charge in [-0.1, -0.05) is 25.9 Å². The molecule has 0 radical (unpaired) electrons. The molecule has 0 fully saturated rings. The van der Waals surface area contributed by atoms with E-state index in [1.807, 2.05) is 20.8 Å². The number of nitrogens with zero attached hydrogens (tertiary/aromatic N) is 1. The quantitative estimate of drug-likeness (QED) is 0.757. The first-order chi connectivity index (χ1) is 11.7. The standard InChI is InChI=1S/C17H19BrN2O5/c1-17(2,3)13-8-15(25-20-13)19-14(21)9-24-16(22)10-5-6-12(23-4)11(18)7-10/h5-8H,9H2,1-4H3,(H,19,21). The lowest BCUT2D eigenvalue weighted by atomic mass is 9.92. The molecule has 0 spiro atoms. The van der Waals surface area contributed by atoms with Crippen molar-refractivity contribution in [2.24, 2.45) is 0 Å². The fraction of sp³-hybridized carbons (Fsp3) is 0.353. The van der Waals surface area contributed by atoms with Crippen LogP contribution in [0.2, 0.25) is 0 Å². The fourth-order valence-electron chi connectivity index (χ4n) is 1.87. The molecule has 1 aromatic heterocycles. The number of methoxy groups -OCH3 is 1. The summed E-state index contributed by atoms with van der Waals surface area (Å²) in [5.41, 5.74) is 0.818. The number of halogens is 1. The number of anilines is 1. The predicted octanol–water partition coefficient (Wildman–Crippen LogP) is 3.54. The van der Waals surface area contributed by atoms with Gasteiger partial charge < -0.3 is 14.0 Å². The van der Waals surface area contributed by atoms with Crippen LogP contribution in [0.15, 0.2) is 33.3 Å². The number of nitrogens with one attached hydrogen (secondary N) is 1. The smallest absolute Gasteiger partial charge is 0.338 e. The van der Waals surface area contributed by atoms with Crippen molar-refractivity contribution in [1.29, 1.82) is 0 Å². The first kappa shape index (κ1) is 19.0. The molecule has 2 rings (SSSR count). The highest BCUT2D eigenvalue weighted by Crippen LogP contribution is 2.26. The van der Waals surface area contributed by atoms with Crippen molar-refractivity contribution in [3.63, 3.8) is 0 Å². The Kier molecular flexibility index (Phi) is 5.84. The van der Waals surface area contributed by atoms with Crippen LogP contribution >= 0.6 is 15.9 Å². The Morgan fingerprint density at radius 2 is 2.00 bits per heavy atom. The van der Waals surface area contributed by atoms with Crippen molar-refractivity contribution in [3.05, 3.63) is 40.0 Å². The van der Waals surface area contributed by atoms with Crippen LogP contribution in [0.5, 0.6) is 5.75 Å². The molecule has 25 heavy (non-hydrogen) atoms. The molecule has 0 unspecified atom stereocenters. The van der Waals surface area contributed by atoms with E-state index >= 15 is 0 Å². The van der Waals surface area contributed by atoms with Crippen LogP contribution in [0.4, 0.5) is 5.88 Å². The summed E-state index contributed by atoms with van der Waals surface area (Å²) in [4.78, 5) is 23.9. The Balaban J connectivity index is 1.90. The highest BCUT2D eigenvalue weighted by Gasteiger charge is 2.20. The summed E-state index contributed by atoms with van der Waals surface area (Å²) in [5, 5.41) is 6.39. The third-order valence-corrected chi connectivity index (χ3v) is 3.88. The van der Waals surface area contributed by atoms with Gasteiger partial charge in [-0.3, -0.25) is 10.1 Å². The molecular formula is C17H19BrN2O5. The van der Waals surface area contributed by atoms with E-state index in [4.69, 9.17) is 14.0 Å². The van der Waals surface area contributed by atoms with Crippen molar-refractivity contribution < 1.29 is 23.6 Å². The van der Waals surface area contributed by atoms with E-state index in [1.165, 1.54) is 7.11 Å². The minimum atomic E-state index is -0.619. The summed E-state index contributed by atoms with van der Waals surface area (Å²) >= 11 is 3.29. The second-order valence-corrected chi connectivity index (χ2v) is 7.15. The summed E-state index contributed by atoms with van der Waals surface area (Å²) in [6.07, 6.45) is 0. The molecule has 0 aliphatic rings. The summed E-state index contributed by atoms with van der Waals surface area (Å²) < 4.78 is 15.7. The topological polar surface area (TPSA) is 90.7 Å². The highest BCUT2D eigenvalue weighted by atomic mass is 79.9. The Labute approximate surface area is 153 Å². The van der Waals surface area contributed by atoms with Crippen LogP contribution in [0.25, 0.3) is 0 Å². The van der Waals surface area contributed by atoms with E-state index in [1.54, 1.807) is 24.3 Å². The molecule has 1 N–H and O–H groups in total. The van der Waals surface area contributed by atoms with E-state index in [0.717, 1.165) is 0 Å². The van der Waals surface area contributed by atoms with Gasteiger partial charge in [-0.25, -0.2) is 4.79 Å². The minimum absolute atomic E-state index is 0.194. The molecule has 0 aliphatic heterocycles. The second-order valence-electron chi connectivity index (χ2n) is 6.30. The number of hydrogen-bond donors (Lipinski definition) is 1. The average molecular weight is 411 g/mol. The fourth-order valence-corrected chi connectivity index (χ4v) is 2.41. The molecule has 0 saturated heterocycles. The van der Waals surface area contributed by atoms with Crippen molar-refractivity contribution in [3.8, 4) is 5.75 Å². The first-order valence-electron chi connectivity index (χ1n) is 7.48. The number of carbonyl (C=O) groups excluding carboxylic acids is 2. The zero-order chi connectivity index (χ0) is 18.6. The van der Waals surface area contributed by atoms with Gasteiger partial charge in [0.15, 0.2) is 6.61 Å². The number of ether oxygens (including phenoxy) is 2. The number of aromatic nitrogens is 1. The lowest BCUT2D eigenvalue weighted by molar-refractivity contribution is -0.119. The molecule has 0 saturated carbocycles. The summed E-state index contributed by atoms with van der Waals surface area (Å²) in [6, 6.07) is 6.38. The van der Waals surface area contributed by atoms with E-state index in [0.29, 0.717) is 21.5 Å². The van der Waals surface area contributed by atoms with Crippen LogP contribution in [-0.4, -0.2) is 30.7 Å². The SMILES string of the molecule is COc1ccc(C(=O)OCC(=O)Nc2cc(C(C)(C)C)no2)cc1Br. The maximum atomic E-state index is 12.0. The third-order valence-electron chi connectivity index (χ3n) is 3.26. The van der Waals surface area contributed by atoms with Gasteiger partial charge in [0.2, 0.25) is 5.88 Å². The van der Waals surface area contributed by atoms with Crippen molar-refractivity contribution in [1.82, 2.24) is 5.16 Å². The number of hydrogen-bond acceptors (Lipinski definition) is 6. The van der Waals surface area contributed by atoms with Crippen LogP contribution in [0.3, 0.4) is 0 Å². The van der Waals surface area contributed by atoms with E-state index in [2.05, 4.69) is 26.4 Å². The van der Waals surface area contributed by atoms with Gasteiger partial charge >= 0.3 is 5.97 Å². The van der Waals surface area contributed by atoms with Crippen molar-refractivity contribution in [2.75, 3.05) is 19.0 Å². The molecule has 1 amide bonds. The summed E-state index contributed by atoms with van der Waals surface area (Å²) in [5.74, 6) is -0.337. The van der Waals surface area contributed by atoms with Crippen LogP contribution in [-0.2, 0) is 14.9 Å². The molecule has 0 bridgehead atoms. The summed E-state index contributed by atoms with van der Waals surface area (Å²) in [6.45, 7) is 5.50. The number of benzene rings is 1. The molecule has 1 heterocycles. The summed E-state index contributed by atoms with van der Waals surface area (Å²) in [7, 11) is 1.52. The van der Waals surface area contributed by atoms with Crippen LogP contribution in [0, 0.1) is 0 Å². The van der Waals surface area contributed by atoms with Crippen LogP contribution < -0.4 is 10.1 Å². The zero-order valence-corrected chi connectivity index (χ0v) is 16.0. The largest absolute Gasteiger partial charge is 0.496 e. The third kappa shape index (κ3) is 5.06. The van der Waals surface area contributed by atoms with Crippen molar-refractivity contribution in [2.45, 2.75) is 26.2 Å². The number of carbonyl (C=O) groups is 2. The average Bonchev–Trinajstić information content (AvgIpc) is 3.01. The van der Waals surface area contributed by atoms with Gasteiger partial charge in [0, 0.05) is 11.5 Å². The van der Waals surface area contributed by atoms with Gasteiger partial charge in [-0.15, -0.1) is 0 Å². The molecule has 1 aromatic carbocycles. The second kappa shape index (κ2) is 7.69. The predicted molar refractivity (Wildman–Crippen MR) is 94.8 cm³/mol. The monoisotopic (exact) mass is 410 g/mol. The molecule has 8 heteroatoms. The van der Waals surface area contributed by atoms with Gasteiger partial charge in [0.05, 0.1) is 22.8 Å². The molecule has 2 aromatic rings. The molecule has 7 nitrogen and oxygen atoms in total. The zero-order valence-electron chi connectivity index (χ0n) is 14.4. The Hall–Kier alpha value is -2.35. The van der Waals surface area contributed by atoms with E-state index < -0.39 is 18.5 Å². The van der Waals surface area contributed by atoms with E-state index in [9.17, 15) is 9.59 Å². The van der Waals surface area contributed by atoms with Crippen molar-refractivity contribution >= 4 is 33.7 Å². The Morgan fingerprint density at radius 3 is 2.56 bits per heavy atom. The normalized spacial score (nSPS) is 11.1. The van der Waals surface area contributed by atoms with E-state index in [-0.39, 0.29) is 11.3 Å². The highest BCUT2D eigenvalue weighted by molar-refractivity contribution is 9.10.